The highest BCUT2D eigenvalue weighted by Crippen LogP contribution is 2.20. The van der Waals surface area contributed by atoms with Crippen LogP contribution in [-0.4, -0.2) is 14.6 Å². The van der Waals surface area contributed by atoms with Crippen LogP contribution in [0.5, 0.6) is 0 Å². The minimum Gasteiger partial charge on any atom is -0.346 e. The predicted octanol–water partition coefficient (Wildman–Crippen LogP) is 3.69. The first kappa shape index (κ1) is 12.9. The maximum Gasteiger partial charge on any atom is 0.242 e. The standard InChI is InChI=1S/C14H12ClFN4/c1-9(10-4-6-11(16)7-5-10)17-14-18-13(15)12-3-2-8-20(12)19-14/h2-9H,1H3,(H,17,19)/t9-/m0/s1. The number of nitrogens with one attached hydrogen (secondary N) is 1. The van der Waals surface area contributed by atoms with Gasteiger partial charge >= 0.3 is 0 Å². The monoisotopic (exact) mass is 290 g/mol. The van der Waals surface area contributed by atoms with Crippen LogP contribution >= 0.6 is 11.6 Å². The molecule has 0 radical (unpaired) electrons. The first-order valence-electron chi connectivity index (χ1n) is 6.16. The molecule has 1 atom stereocenters. The number of aromatic nitrogens is 3. The van der Waals surface area contributed by atoms with Gasteiger partial charge in [0.15, 0.2) is 5.15 Å². The van der Waals surface area contributed by atoms with Crippen LogP contribution in [0.15, 0.2) is 42.6 Å². The van der Waals surface area contributed by atoms with Crippen molar-refractivity contribution in [1.82, 2.24) is 14.6 Å². The molecule has 0 unspecified atom stereocenters. The summed E-state index contributed by atoms with van der Waals surface area (Å²) in [5, 5.41) is 7.85. The van der Waals surface area contributed by atoms with Gasteiger partial charge in [0.05, 0.1) is 6.04 Å². The zero-order chi connectivity index (χ0) is 14.1. The van der Waals surface area contributed by atoms with Crippen LogP contribution in [0.2, 0.25) is 5.15 Å². The summed E-state index contributed by atoms with van der Waals surface area (Å²) >= 11 is 6.09. The summed E-state index contributed by atoms with van der Waals surface area (Å²) in [6.45, 7) is 1.95. The molecule has 0 amide bonds. The second-order valence-electron chi connectivity index (χ2n) is 4.48. The number of fused-ring (bicyclic) bond motifs is 1. The van der Waals surface area contributed by atoms with E-state index in [0.29, 0.717) is 11.1 Å². The smallest absolute Gasteiger partial charge is 0.242 e. The quantitative estimate of drug-likeness (QED) is 0.800. The summed E-state index contributed by atoms with van der Waals surface area (Å²) in [6.07, 6.45) is 1.80. The van der Waals surface area contributed by atoms with Crippen LogP contribution in [0.3, 0.4) is 0 Å². The lowest BCUT2D eigenvalue weighted by Gasteiger charge is -2.14. The fraction of sp³-hybridized carbons (Fsp3) is 0.143. The Balaban J connectivity index is 1.86. The Morgan fingerprint density at radius 1 is 1.25 bits per heavy atom. The molecule has 0 bridgehead atoms. The highest BCUT2D eigenvalue weighted by molar-refractivity contribution is 6.32. The average molecular weight is 291 g/mol. The van der Waals surface area contributed by atoms with Crippen molar-refractivity contribution >= 4 is 23.1 Å². The average Bonchev–Trinajstić information content (AvgIpc) is 2.88. The minimum atomic E-state index is -0.256. The molecule has 2 heterocycles. The molecular weight excluding hydrogens is 279 g/mol. The van der Waals surface area contributed by atoms with Gasteiger partial charge in [0.2, 0.25) is 5.95 Å². The molecule has 0 saturated heterocycles. The second kappa shape index (κ2) is 5.09. The van der Waals surface area contributed by atoms with Gasteiger partial charge in [-0.05, 0) is 36.8 Å². The minimum absolute atomic E-state index is 0.0559. The van der Waals surface area contributed by atoms with E-state index in [4.69, 9.17) is 11.6 Å². The van der Waals surface area contributed by atoms with Gasteiger partial charge in [0.25, 0.3) is 0 Å². The molecule has 3 rings (SSSR count). The maximum atomic E-state index is 12.9. The molecule has 4 nitrogen and oxygen atoms in total. The molecule has 20 heavy (non-hydrogen) atoms. The maximum absolute atomic E-state index is 12.9. The summed E-state index contributed by atoms with van der Waals surface area (Å²) in [4.78, 5) is 4.20. The van der Waals surface area contributed by atoms with E-state index in [2.05, 4.69) is 15.4 Å². The van der Waals surface area contributed by atoms with Crippen molar-refractivity contribution < 1.29 is 4.39 Å². The Hall–Kier alpha value is -2.14. The van der Waals surface area contributed by atoms with E-state index in [1.807, 2.05) is 19.1 Å². The van der Waals surface area contributed by atoms with Crippen LogP contribution < -0.4 is 5.32 Å². The van der Waals surface area contributed by atoms with Gasteiger partial charge in [-0.15, -0.1) is 5.10 Å². The molecule has 0 aliphatic rings. The van der Waals surface area contributed by atoms with E-state index in [0.717, 1.165) is 11.1 Å². The largest absolute Gasteiger partial charge is 0.346 e. The van der Waals surface area contributed by atoms with E-state index < -0.39 is 0 Å². The zero-order valence-electron chi connectivity index (χ0n) is 10.7. The number of benzene rings is 1. The molecule has 0 aliphatic heterocycles. The normalized spacial score (nSPS) is 12.6. The summed E-state index contributed by atoms with van der Waals surface area (Å²) in [5.41, 5.74) is 1.70. The fourth-order valence-corrected chi connectivity index (χ4v) is 2.22. The lowest BCUT2D eigenvalue weighted by atomic mass is 10.1. The van der Waals surface area contributed by atoms with Crippen LogP contribution in [0, 0.1) is 5.82 Å². The van der Waals surface area contributed by atoms with Gasteiger partial charge in [-0.2, -0.15) is 4.98 Å². The molecule has 102 valence electrons. The van der Waals surface area contributed by atoms with Crippen molar-refractivity contribution in [3.05, 3.63) is 59.1 Å². The lowest BCUT2D eigenvalue weighted by molar-refractivity contribution is 0.626. The van der Waals surface area contributed by atoms with Crippen molar-refractivity contribution in [2.45, 2.75) is 13.0 Å². The molecule has 0 fully saturated rings. The van der Waals surface area contributed by atoms with Crippen LogP contribution in [-0.2, 0) is 0 Å². The first-order chi connectivity index (χ1) is 9.63. The molecule has 6 heteroatoms. The number of halogens is 2. The van der Waals surface area contributed by atoms with Crippen molar-refractivity contribution in [3.8, 4) is 0 Å². The lowest BCUT2D eigenvalue weighted by Crippen LogP contribution is -2.11. The molecule has 0 aliphatic carbocycles. The third kappa shape index (κ3) is 2.44. The van der Waals surface area contributed by atoms with Gasteiger partial charge in [0, 0.05) is 6.20 Å². The number of hydrogen-bond acceptors (Lipinski definition) is 3. The van der Waals surface area contributed by atoms with Crippen molar-refractivity contribution in [2.24, 2.45) is 0 Å². The SMILES string of the molecule is C[C@H](Nc1nc(Cl)c2cccn2n1)c1ccc(F)cc1. The Labute approximate surface area is 120 Å². The molecule has 2 aromatic heterocycles. The molecule has 0 spiro atoms. The van der Waals surface area contributed by atoms with Crippen LogP contribution in [0.4, 0.5) is 10.3 Å². The third-order valence-electron chi connectivity index (χ3n) is 3.06. The fourth-order valence-electron chi connectivity index (χ4n) is 1.99. The van der Waals surface area contributed by atoms with E-state index in [1.54, 1.807) is 22.8 Å². The summed E-state index contributed by atoms with van der Waals surface area (Å²) in [7, 11) is 0. The summed E-state index contributed by atoms with van der Waals surface area (Å²) < 4.78 is 14.6. The first-order valence-corrected chi connectivity index (χ1v) is 6.54. The van der Waals surface area contributed by atoms with Gasteiger partial charge in [0.1, 0.15) is 11.3 Å². The number of rotatable bonds is 3. The van der Waals surface area contributed by atoms with Crippen LogP contribution in [0.1, 0.15) is 18.5 Å². The third-order valence-corrected chi connectivity index (χ3v) is 3.34. The van der Waals surface area contributed by atoms with Gasteiger partial charge in [-0.25, -0.2) is 8.91 Å². The van der Waals surface area contributed by atoms with E-state index >= 15 is 0 Å². The molecule has 1 N–H and O–H groups in total. The number of nitrogens with zero attached hydrogens (tertiary/aromatic N) is 3. The van der Waals surface area contributed by atoms with Gasteiger partial charge in [-0.1, -0.05) is 23.7 Å². The highest BCUT2D eigenvalue weighted by Gasteiger charge is 2.10. The summed E-state index contributed by atoms with van der Waals surface area (Å²) in [5.74, 6) is 0.171. The molecular formula is C14H12ClFN4. The van der Waals surface area contributed by atoms with Crippen molar-refractivity contribution in [1.29, 1.82) is 0 Å². The Morgan fingerprint density at radius 2 is 2.00 bits per heavy atom. The predicted molar refractivity (Wildman–Crippen MR) is 76.4 cm³/mol. The van der Waals surface area contributed by atoms with E-state index in [9.17, 15) is 4.39 Å². The molecule has 1 aromatic carbocycles. The number of hydrogen-bond donors (Lipinski definition) is 1. The van der Waals surface area contributed by atoms with Gasteiger partial charge < -0.3 is 5.32 Å². The van der Waals surface area contributed by atoms with Gasteiger partial charge in [-0.3, -0.25) is 0 Å². The van der Waals surface area contributed by atoms with E-state index in [-0.39, 0.29) is 11.9 Å². The number of anilines is 1. The van der Waals surface area contributed by atoms with Crippen LogP contribution in [0.25, 0.3) is 5.52 Å². The van der Waals surface area contributed by atoms with Crippen molar-refractivity contribution in [3.63, 3.8) is 0 Å². The molecule has 0 saturated carbocycles. The topological polar surface area (TPSA) is 42.2 Å². The Bertz CT molecular complexity index is 739. The highest BCUT2D eigenvalue weighted by atomic mass is 35.5. The molecule has 3 aromatic rings. The van der Waals surface area contributed by atoms with E-state index in [1.165, 1.54) is 12.1 Å². The summed E-state index contributed by atoms with van der Waals surface area (Å²) in [6, 6.07) is 9.94. The second-order valence-corrected chi connectivity index (χ2v) is 4.84. The Kier molecular flexibility index (Phi) is 3.28. The van der Waals surface area contributed by atoms with Crippen molar-refractivity contribution in [2.75, 3.05) is 5.32 Å². The Morgan fingerprint density at radius 3 is 2.75 bits per heavy atom. The zero-order valence-corrected chi connectivity index (χ0v) is 11.5.